The molecule has 29 heavy (non-hydrogen) atoms. The summed E-state index contributed by atoms with van der Waals surface area (Å²) in [6.45, 7) is 2.26. The molecule has 1 aliphatic heterocycles. The molecule has 0 spiro atoms. The van der Waals surface area contributed by atoms with Crippen LogP contribution in [-0.4, -0.2) is 54.4 Å². The molecule has 1 aliphatic carbocycles. The highest BCUT2D eigenvalue weighted by Gasteiger charge is 2.32. The lowest BCUT2D eigenvalue weighted by Gasteiger charge is -2.32. The zero-order valence-corrected chi connectivity index (χ0v) is 17.3. The molecule has 2 fully saturated rings. The Morgan fingerprint density at radius 3 is 2.48 bits per heavy atom. The molecule has 3 aromatic rings. The van der Waals surface area contributed by atoms with E-state index < -0.39 is 9.84 Å². The summed E-state index contributed by atoms with van der Waals surface area (Å²) in [6.07, 6.45) is 10.0. The van der Waals surface area contributed by atoms with Gasteiger partial charge in [-0.1, -0.05) is 0 Å². The molecule has 2 aliphatic rings. The average molecular weight is 412 g/mol. The lowest BCUT2D eigenvalue weighted by molar-refractivity contribution is 0.0962. The van der Waals surface area contributed by atoms with Crippen LogP contribution >= 0.6 is 0 Å². The molecule has 0 N–H and O–H groups in total. The van der Waals surface area contributed by atoms with Crippen LogP contribution in [0, 0.1) is 0 Å². The Morgan fingerprint density at radius 1 is 1.03 bits per heavy atom. The number of fused-ring (bicyclic) bond motifs is 1. The minimum Gasteiger partial charge on any atom is -0.489 e. The Labute approximate surface area is 171 Å². The third kappa shape index (κ3) is 3.89. The van der Waals surface area contributed by atoms with Gasteiger partial charge in [0.2, 0.25) is 0 Å². The fraction of sp³-hybridized carbons (Fsp3) is 0.409. The van der Waals surface area contributed by atoms with Crippen LogP contribution in [0.4, 0.5) is 0 Å². The van der Waals surface area contributed by atoms with E-state index in [4.69, 9.17) is 4.74 Å². The molecule has 6 nitrogen and oxygen atoms in total. The number of piperidine rings is 1. The summed E-state index contributed by atoms with van der Waals surface area (Å²) >= 11 is 0. The normalized spacial score (nSPS) is 18.9. The number of pyridine rings is 1. The second-order valence-corrected chi connectivity index (χ2v) is 10.1. The topological polar surface area (TPSA) is 64.4 Å². The Hall–Kier alpha value is -2.38. The van der Waals surface area contributed by atoms with Crippen LogP contribution in [0.3, 0.4) is 0 Å². The molecule has 0 bridgehead atoms. The van der Waals surface area contributed by atoms with Gasteiger partial charge >= 0.3 is 0 Å². The van der Waals surface area contributed by atoms with E-state index in [1.807, 2.05) is 35.0 Å². The third-order valence-electron chi connectivity index (χ3n) is 5.90. The van der Waals surface area contributed by atoms with Crippen LogP contribution in [-0.2, 0) is 9.84 Å². The van der Waals surface area contributed by atoms with Gasteiger partial charge in [-0.2, -0.15) is 0 Å². The molecule has 3 heterocycles. The van der Waals surface area contributed by atoms with E-state index in [2.05, 4.69) is 9.88 Å². The molecule has 7 heteroatoms. The summed E-state index contributed by atoms with van der Waals surface area (Å²) in [5.74, 6) is 1.58. The third-order valence-corrected chi connectivity index (χ3v) is 7.01. The Bertz CT molecular complexity index is 1130. The summed E-state index contributed by atoms with van der Waals surface area (Å²) in [7, 11) is -3.22. The molecule has 1 saturated heterocycles. The molecule has 0 atom stereocenters. The fourth-order valence-electron chi connectivity index (χ4n) is 4.13. The van der Waals surface area contributed by atoms with Crippen molar-refractivity contribution in [3.63, 3.8) is 0 Å². The van der Waals surface area contributed by atoms with E-state index >= 15 is 0 Å². The second kappa shape index (κ2) is 7.15. The SMILES string of the molecule is CS(=O)(=O)c1ccc2c(ccn2-c2ccc(OC3CCN(C4CC4)CC3)cn2)c1. The molecule has 1 aromatic carbocycles. The molecule has 152 valence electrons. The number of rotatable bonds is 5. The maximum atomic E-state index is 11.8. The van der Waals surface area contributed by atoms with Gasteiger partial charge in [-0.15, -0.1) is 0 Å². The largest absolute Gasteiger partial charge is 0.489 e. The average Bonchev–Trinajstić information content (AvgIpc) is 3.47. The predicted molar refractivity (Wildman–Crippen MR) is 112 cm³/mol. The van der Waals surface area contributed by atoms with Crippen LogP contribution in [0.2, 0.25) is 0 Å². The van der Waals surface area contributed by atoms with Gasteiger partial charge in [0, 0.05) is 37.0 Å². The number of nitrogens with zero attached hydrogens (tertiary/aromatic N) is 3. The number of ether oxygens (including phenoxy) is 1. The van der Waals surface area contributed by atoms with Gasteiger partial charge in [0.15, 0.2) is 9.84 Å². The number of sulfone groups is 1. The van der Waals surface area contributed by atoms with Crippen molar-refractivity contribution in [1.82, 2.24) is 14.5 Å². The molecule has 0 radical (unpaired) electrons. The van der Waals surface area contributed by atoms with E-state index in [9.17, 15) is 8.42 Å². The first-order chi connectivity index (χ1) is 14.0. The minimum atomic E-state index is -3.22. The summed E-state index contributed by atoms with van der Waals surface area (Å²) in [5.41, 5.74) is 0.922. The maximum Gasteiger partial charge on any atom is 0.175 e. The molecule has 5 rings (SSSR count). The Kier molecular flexibility index (Phi) is 4.59. The van der Waals surface area contributed by atoms with Crippen LogP contribution in [0.1, 0.15) is 25.7 Å². The standard InChI is InChI=1S/C22H25N3O3S/c1-29(26,27)20-5-6-21-16(14-20)8-13-25(21)22-7-4-19(15-23-22)28-18-9-11-24(12-10-18)17-2-3-17/h4-8,13-15,17-18H,2-3,9-12H2,1H3. The lowest BCUT2D eigenvalue weighted by Crippen LogP contribution is -2.39. The number of hydrogen-bond donors (Lipinski definition) is 0. The van der Waals surface area contributed by atoms with E-state index in [1.54, 1.807) is 18.3 Å². The zero-order chi connectivity index (χ0) is 20.0. The molecular formula is C22H25N3O3S. The van der Waals surface area contributed by atoms with Crippen molar-refractivity contribution in [2.45, 2.75) is 42.7 Å². The van der Waals surface area contributed by atoms with E-state index in [0.29, 0.717) is 4.90 Å². The summed E-state index contributed by atoms with van der Waals surface area (Å²) in [4.78, 5) is 7.49. The molecule has 0 amide bonds. The summed E-state index contributed by atoms with van der Waals surface area (Å²) < 4.78 is 31.7. The molecule has 1 saturated carbocycles. The molecule has 0 unspecified atom stereocenters. The molecular weight excluding hydrogens is 386 g/mol. The fourth-order valence-corrected chi connectivity index (χ4v) is 4.78. The Morgan fingerprint density at radius 2 is 1.83 bits per heavy atom. The van der Waals surface area contributed by atoms with E-state index in [1.165, 1.54) is 19.1 Å². The predicted octanol–water partition coefficient (Wildman–Crippen LogP) is 3.43. The van der Waals surface area contributed by atoms with Crippen molar-refractivity contribution >= 4 is 20.7 Å². The highest BCUT2D eigenvalue weighted by Crippen LogP contribution is 2.30. The highest BCUT2D eigenvalue weighted by molar-refractivity contribution is 7.90. The van der Waals surface area contributed by atoms with E-state index in [-0.39, 0.29) is 6.10 Å². The van der Waals surface area contributed by atoms with Gasteiger partial charge in [-0.25, -0.2) is 13.4 Å². The Balaban J connectivity index is 1.30. The maximum absolute atomic E-state index is 11.8. The minimum absolute atomic E-state index is 0.263. The van der Waals surface area contributed by atoms with Crippen molar-refractivity contribution in [3.05, 3.63) is 48.8 Å². The number of hydrogen-bond acceptors (Lipinski definition) is 5. The van der Waals surface area contributed by atoms with Crippen molar-refractivity contribution in [1.29, 1.82) is 0 Å². The second-order valence-electron chi connectivity index (χ2n) is 8.11. The van der Waals surface area contributed by atoms with Crippen LogP contribution in [0.15, 0.2) is 53.7 Å². The van der Waals surface area contributed by atoms with Crippen molar-refractivity contribution in [2.24, 2.45) is 0 Å². The highest BCUT2D eigenvalue weighted by atomic mass is 32.2. The first-order valence-corrected chi connectivity index (χ1v) is 12.0. The van der Waals surface area contributed by atoms with Gasteiger partial charge in [0.1, 0.15) is 17.7 Å². The lowest BCUT2D eigenvalue weighted by atomic mass is 10.1. The quantitative estimate of drug-likeness (QED) is 0.644. The number of likely N-dealkylation sites (tertiary alicyclic amines) is 1. The number of aromatic nitrogens is 2. The van der Waals surface area contributed by atoms with Gasteiger partial charge in [0.25, 0.3) is 0 Å². The van der Waals surface area contributed by atoms with Crippen molar-refractivity contribution in [3.8, 4) is 11.6 Å². The van der Waals surface area contributed by atoms with Crippen molar-refractivity contribution < 1.29 is 13.2 Å². The summed E-state index contributed by atoms with van der Waals surface area (Å²) in [6, 6.07) is 11.8. The first kappa shape index (κ1) is 18.6. The van der Waals surface area contributed by atoms with Crippen LogP contribution < -0.4 is 4.74 Å². The van der Waals surface area contributed by atoms with E-state index in [0.717, 1.165) is 54.4 Å². The van der Waals surface area contributed by atoms with Gasteiger partial charge in [0.05, 0.1) is 16.6 Å². The van der Waals surface area contributed by atoms with Crippen LogP contribution in [0.5, 0.6) is 5.75 Å². The first-order valence-electron chi connectivity index (χ1n) is 10.2. The van der Waals surface area contributed by atoms with Gasteiger partial charge < -0.3 is 14.2 Å². The van der Waals surface area contributed by atoms with Gasteiger partial charge in [-0.3, -0.25) is 0 Å². The van der Waals surface area contributed by atoms with Crippen LogP contribution in [0.25, 0.3) is 16.7 Å². The van der Waals surface area contributed by atoms with Gasteiger partial charge in [-0.05, 0) is 62.1 Å². The smallest absolute Gasteiger partial charge is 0.175 e. The number of benzene rings is 1. The molecule has 2 aromatic heterocycles. The van der Waals surface area contributed by atoms with Crippen molar-refractivity contribution in [2.75, 3.05) is 19.3 Å². The monoisotopic (exact) mass is 411 g/mol. The summed E-state index contributed by atoms with van der Waals surface area (Å²) in [5, 5.41) is 0.873. The zero-order valence-electron chi connectivity index (χ0n) is 16.5.